The largest absolute Gasteiger partial charge is 0.458 e. The van der Waals surface area contributed by atoms with Crippen molar-refractivity contribution in [1.29, 1.82) is 0 Å². The Labute approximate surface area is 125 Å². The highest BCUT2D eigenvalue weighted by Crippen LogP contribution is 2.00. The zero-order valence-corrected chi connectivity index (χ0v) is 13.4. The molecule has 0 atom stereocenters. The van der Waals surface area contributed by atoms with E-state index in [0.717, 1.165) is 13.0 Å². The van der Waals surface area contributed by atoms with Gasteiger partial charge in [-0.2, -0.15) is 0 Å². The summed E-state index contributed by atoms with van der Waals surface area (Å²) in [6.07, 6.45) is 1.82. The number of ether oxygens (including phenoxy) is 1. The molecule has 0 aromatic carbocycles. The molecule has 0 aliphatic heterocycles. The van der Waals surface area contributed by atoms with Gasteiger partial charge in [0.15, 0.2) is 0 Å². The molecule has 2 amide bonds. The van der Waals surface area contributed by atoms with Crippen molar-refractivity contribution in [1.82, 2.24) is 15.5 Å². The van der Waals surface area contributed by atoms with E-state index in [4.69, 9.17) is 4.74 Å². The maximum Gasteiger partial charge on any atom is 0.333 e. The Balaban J connectivity index is 4.33. The average Bonchev–Trinajstić information content (AvgIpc) is 2.33. The summed E-state index contributed by atoms with van der Waals surface area (Å²) in [5.41, 5.74) is 0.501. The van der Waals surface area contributed by atoms with Gasteiger partial charge in [0, 0.05) is 26.0 Å². The van der Waals surface area contributed by atoms with E-state index in [-0.39, 0.29) is 18.4 Å². The quantitative estimate of drug-likeness (QED) is 0.375. The van der Waals surface area contributed by atoms with Gasteiger partial charge in [0.25, 0.3) is 0 Å². The molecule has 0 saturated carbocycles. The van der Waals surface area contributed by atoms with E-state index in [1.54, 1.807) is 13.0 Å². The van der Waals surface area contributed by atoms with E-state index in [9.17, 15) is 14.4 Å². The molecule has 0 saturated heterocycles. The Kier molecular flexibility index (Phi) is 9.03. The first-order valence-corrected chi connectivity index (χ1v) is 6.75. The fourth-order valence-electron chi connectivity index (χ4n) is 1.51. The van der Waals surface area contributed by atoms with E-state index >= 15 is 0 Å². The van der Waals surface area contributed by atoms with Gasteiger partial charge in [-0.05, 0) is 27.4 Å². The normalized spacial score (nSPS) is 11.5. The van der Waals surface area contributed by atoms with E-state index < -0.39 is 12.1 Å². The van der Waals surface area contributed by atoms with Gasteiger partial charge in [-0.25, -0.2) is 4.79 Å². The second-order valence-electron chi connectivity index (χ2n) is 5.03. The van der Waals surface area contributed by atoms with Crippen LogP contribution in [0, 0.1) is 0 Å². The van der Waals surface area contributed by atoms with Crippen molar-refractivity contribution < 1.29 is 19.1 Å². The molecule has 0 radical (unpaired) electrons. The van der Waals surface area contributed by atoms with Crippen LogP contribution in [0.25, 0.3) is 0 Å². The lowest BCUT2D eigenvalue weighted by molar-refractivity contribution is -0.141. The fourth-order valence-corrected chi connectivity index (χ4v) is 1.51. The average molecular weight is 299 g/mol. The smallest absolute Gasteiger partial charge is 0.333 e. The number of hydrogen-bond donors (Lipinski definition) is 2. The third-order valence-electron chi connectivity index (χ3n) is 2.48. The van der Waals surface area contributed by atoms with Gasteiger partial charge in [-0.3, -0.25) is 9.59 Å². The summed E-state index contributed by atoms with van der Waals surface area (Å²) in [4.78, 5) is 35.8. The second kappa shape index (κ2) is 9.93. The molecular weight excluding hydrogens is 274 g/mol. The van der Waals surface area contributed by atoms with Crippen LogP contribution >= 0.6 is 0 Å². The van der Waals surface area contributed by atoms with Crippen LogP contribution in [0.5, 0.6) is 0 Å². The third-order valence-corrected chi connectivity index (χ3v) is 2.48. The Morgan fingerprint density at radius 3 is 2.05 bits per heavy atom. The van der Waals surface area contributed by atoms with Crippen LogP contribution < -0.4 is 10.6 Å². The Morgan fingerprint density at radius 2 is 1.62 bits per heavy atom. The van der Waals surface area contributed by atoms with E-state index in [1.807, 2.05) is 19.0 Å². The van der Waals surface area contributed by atoms with Crippen molar-refractivity contribution in [3.8, 4) is 0 Å². The third kappa shape index (κ3) is 10.5. The summed E-state index contributed by atoms with van der Waals surface area (Å²) < 4.78 is 5.07. The highest BCUT2D eigenvalue weighted by Gasteiger charge is 2.14. The van der Waals surface area contributed by atoms with Crippen molar-refractivity contribution in [3.63, 3.8) is 0 Å². The molecule has 7 heteroatoms. The van der Waals surface area contributed by atoms with Crippen LogP contribution in [0.4, 0.5) is 0 Å². The van der Waals surface area contributed by atoms with Gasteiger partial charge in [0.1, 0.15) is 12.8 Å². The molecule has 21 heavy (non-hydrogen) atoms. The number of nitrogens with zero attached hydrogens (tertiary/aromatic N) is 1. The van der Waals surface area contributed by atoms with Gasteiger partial charge in [-0.15, -0.1) is 0 Å². The number of rotatable bonds is 8. The molecule has 0 aliphatic rings. The first-order chi connectivity index (χ1) is 9.72. The Morgan fingerprint density at radius 1 is 1.10 bits per heavy atom. The molecular formula is C14H25N3O4. The van der Waals surface area contributed by atoms with Crippen LogP contribution in [0.2, 0.25) is 0 Å². The first kappa shape index (κ1) is 19.1. The van der Waals surface area contributed by atoms with E-state index in [0.29, 0.717) is 5.57 Å². The number of carbonyl (C=O) groups is 3. The predicted octanol–water partition coefficient (Wildman–Crippen LogP) is 0.0259. The second-order valence-corrected chi connectivity index (χ2v) is 5.03. The molecule has 0 fully saturated rings. The van der Waals surface area contributed by atoms with Crippen LogP contribution in [-0.4, -0.2) is 56.1 Å². The number of hydrogen-bond acceptors (Lipinski definition) is 5. The summed E-state index contributed by atoms with van der Waals surface area (Å²) in [6, 6.07) is 0. The van der Waals surface area contributed by atoms with Gasteiger partial charge >= 0.3 is 5.97 Å². The molecule has 7 nitrogen and oxygen atoms in total. The van der Waals surface area contributed by atoms with Gasteiger partial charge < -0.3 is 20.3 Å². The molecule has 0 bridgehead atoms. The lowest BCUT2D eigenvalue weighted by atomic mass is 10.2. The molecule has 2 N–H and O–H groups in total. The number of esters is 1. The summed E-state index contributed by atoms with van der Waals surface area (Å²) in [5.74, 6) is -1.10. The van der Waals surface area contributed by atoms with Crippen LogP contribution in [-0.2, 0) is 19.1 Å². The van der Waals surface area contributed by atoms with Crippen molar-refractivity contribution in [2.24, 2.45) is 0 Å². The van der Waals surface area contributed by atoms with Gasteiger partial charge in [0.05, 0.1) is 0 Å². The molecule has 120 valence electrons. The van der Waals surface area contributed by atoms with Crippen molar-refractivity contribution in [2.45, 2.75) is 33.4 Å². The Hall–Kier alpha value is -1.89. The number of amides is 2. The first-order valence-electron chi connectivity index (χ1n) is 6.75. The standard InChI is InChI=1S/C14H25N3O4/c1-10(7-6-8-17(4)5)14(20)21-9-13(15-11(2)18)16-12(3)19/h7,13H,6,8-9H2,1-5H3,(H,15,18)(H,16,19). The van der Waals surface area contributed by atoms with E-state index in [1.165, 1.54) is 13.8 Å². The molecule has 0 spiro atoms. The summed E-state index contributed by atoms with van der Waals surface area (Å²) in [5, 5.41) is 4.98. The van der Waals surface area contributed by atoms with Crippen molar-refractivity contribution >= 4 is 17.8 Å². The molecule has 0 heterocycles. The van der Waals surface area contributed by atoms with Crippen molar-refractivity contribution in [3.05, 3.63) is 11.6 Å². The highest BCUT2D eigenvalue weighted by molar-refractivity contribution is 5.87. The summed E-state index contributed by atoms with van der Waals surface area (Å²) in [6.45, 7) is 5.04. The van der Waals surface area contributed by atoms with Gasteiger partial charge in [0.2, 0.25) is 11.8 Å². The zero-order chi connectivity index (χ0) is 16.4. The van der Waals surface area contributed by atoms with Crippen molar-refractivity contribution in [2.75, 3.05) is 27.2 Å². The van der Waals surface area contributed by atoms with Crippen LogP contribution in [0.15, 0.2) is 11.6 Å². The SMILES string of the molecule is CC(=O)NC(COC(=O)C(C)=CCCN(C)C)NC(C)=O. The number of nitrogens with one attached hydrogen (secondary N) is 2. The highest BCUT2D eigenvalue weighted by atomic mass is 16.5. The monoisotopic (exact) mass is 299 g/mol. The fraction of sp³-hybridized carbons (Fsp3) is 0.643. The minimum absolute atomic E-state index is 0.114. The van der Waals surface area contributed by atoms with Crippen LogP contribution in [0.3, 0.4) is 0 Å². The molecule has 0 rings (SSSR count). The topological polar surface area (TPSA) is 87.7 Å². The molecule has 0 aromatic rings. The van der Waals surface area contributed by atoms with Gasteiger partial charge in [-0.1, -0.05) is 6.08 Å². The summed E-state index contributed by atoms with van der Waals surface area (Å²) in [7, 11) is 3.90. The lowest BCUT2D eigenvalue weighted by Crippen LogP contribution is -2.49. The zero-order valence-electron chi connectivity index (χ0n) is 13.4. The minimum atomic E-state index is -0.724. The molecule has 0 aromatic heterocycles. The lowest BCUT2D eigenvalue weighted by Gasteiger charge is -2.18. The molecule has 0 unspecified atom stereocenters. The number of carbonyl (C=O) groups excluding carboxylic acids is 3. The maximum atomic E-state index is 11.8. The van der Waals surface area contributed by atoms with E-state index in [2.05, 4.69) is 10.6 Å². The Bertz CT molecular complexity index is 389. The van der Waals surface area contributed by atoms with Crippen LogP contribution in [0.1, 0.15) is 27.2 Å². The molecule has 0 aliphatic carbocycles. The summed E-state index contributed by atoms with van der Waals surface area (Å²) >= 11 is 0. The minimum Gasteiger partial charge on any atom is -0.458 e. The predicted molar refractivity (Wildman–Crippen MR) is 79.3 cm³/mol. The maximum absolute atomic E-state index is 11.8.